The molecule has 0 saturated heterocycles. The minimum atomic E-state index is 0.151. The van der Waals surface area contributed by atoms with Gasteiger partial charge in [0.05, 0.1) is 0 Å². The lowest BCUT2D eigenvalue weighted by Gasteiger charge is -2.21. The van der Waals surface area contributed by atoms with Gasteiger partial charge in [0.1, 0.15) is 0 Å². The summed E-state index contributed by atoms with van der Waals surface area (Å²) in [5.41, 5.74) is 1.20. The minimum absolute atomic E-state index is 0.151. The summed E-state index contributed by atoms with van der Waals surface area (Å²) in [7, 11) is 0. The molecule has 1 aromatic carbocycles. The van der Waals surface area contributed by atoms with Crippen LogP contribution < -0.4 is 5.32 Å². The van der Waals surface area contributed by atoms with Crippen LogP contribution in [0.2, 0.25) is 5.02 Å². The normalized spacial score (nSPS) is 20.0. The Balaban J connectivity index is 1.83. The second-order valence-corrected chi connectivity index (χ2v) is 5.66. The number of amides is 1. The first-order chi connectivity index (χ1) is 9.15. The molecule has 2 nitrogen and oxygen atoms in total. The average Bonchev–Trinajstić information content (AvgIpc) is 2.42. The second-order valence-electron chi connectivity index (χ2n) is 5.22. The van der Waals surface area contributed by atoms with Gasteiger partial charge in [-0.05, 0) is 50.3 Å². The first-order valence-electron chi connectivity index (χ1n) is 6.85. The van der Waals surface area contributed by atoms with Gasteiger partial charge in [0, 0.05) is 17.0 Å². The first kappa shape index (κ1) is 14.1. The molecular weight excluding hydrogens is 258 g/mol. The summed E-state index contributed by atoms with van der Waals surface area (Å²) < 4.78 is 0. The van der Waals surface area contributed by atoms with E-state index in [2.05, 4.69) is 17.5 Å². The zero-order valence-corrected chi connectivity index (χ0v) is 12.0. The van der Waals surface area contributed by atoms with E-state index in [4.69, 9.17) is 11.6 Å². The van der Waals surface area contributed by atoms with E-state index in [9.17, 15) is 4.79 Å². The number of nitrogens with one attached hydrogen (secondary N) is 1. The smallest absolute Gasteiger partial charge is 0.223 e. The van der Waals surface area contributed by atoms with Crippen molar-refractivity contribution in [2.75, 3.05) is 0 Å². The Bertz CT molecular complexity index is 452. The summed E-state index contributed by atoms with van der Waals surface area (Å²) in [6.45, 7) is 2.05. The first-order valence-corrected chi connectivity index (χ1v) is 7.23. The van der Waals surface area contributed by atoms with Crippen molar-refractivity contribution in [3.8, 4) is 0 Å². The predicted molar refractivity (Wildman–Crippen MR) is 79.2 cm³/mol. The number of carbonyl (C=O) groups is 1. The molecule has 1 aromatic rings. The fraction of sp³-hybridized carbons (Fsp3) is 0.438. The fourth-order valence-corrected chi connectivity index (χ4v) is 2.54. The molecule has 1 N–H and O–H groups in total. The van der Waals surface area contributed by atoms with E-state index in [-0.39, 0.29) is 17.9 Å². The Kier molecular flexibility index (Phi) is 5.03. The van der Waals surface area contributed by atoms with Crippen LogP contribution in [-0.2, 0) is 11.2 Å². The number of allylic oxidation sites excluding steroid dienone is 2. The van der Waals surface area contributed by atoms with Gasteiger partial charge in [-0.15, -0.1) is 0 Å². The van der Waals surface area contributed by atoms with Gasteiger partial charge < -0.3 is 5.32 Å². The van der Waals surface area contributed by atoms with Crippen LogP contribution in [0.5, 0.6) is 0 Å². The lowest BCUT2D eigenvalue weighted by Crippen LogP contribution is -2.38. The van der Waals surface area contributed by atoms with Crippen molar-refractivity contribution in [1.29, 1.82) is 0 Å². The lowest BCUT2D eigenvalue weighted by molar-refractivity contribution is -0.125. The molecule has 0 bridgehead atoms. The van der Waals surface area contributed by atoms with Gasteiger partial charge in [0.15, 0.2) is 0 Å². The molecule has 19 heavy (non-hydrogen) atoms. The highest BCUT2D eigenvalue weighted by molar-refractivity contribution is 6.30. The zero-order valence-electron chi connectivity index (χ0n) is 11.2. The summed E-state index contributed by atoms with van der Waals surface area (Å²) in [5.74, 6) is 0.337. The van der Waals surface area contributed by atoms with E-state index in [1.165, 1.54) is 5.56 Å². The van der Waals surface area contributed by atoms with Gasteiger partial charge in [-0.1, -0.05) is 35.9 Å². The molecule has 1 aliphatic carbocycles. The van der Waals surface area contributed by atoms with E-state index in [1.54, 1.807) is 0 Å². The van der Waals surface area contributed by atoms with E-state index < -0.39 is 0 Å². The molecule has 0 fully saturated rings. The quantitative estimate of drug-likeness (QED) is 0.835. The molecule has 0 spiro atoms. The summed E-state index contributed by atoms with van der Waals surface area (Å²) in [4.78, 5) is 12.1. The van der Waals surface area contributed by atoms with E-state index in [1.807, 2.05) is 31.2 Å². The van der Waals surface area contributed by atoms with Gasteiger partial charge in [0.2, 0.25) is 5.91 Å². The van der Waals surface area contributed by atoms with Crippen LogP contribution in [0.3, 0.4) is 0 Å². The third-order valence-electron chi connectivity index (χ3n) is 3.48. The van der Waals surface area contributed by atoms with Crippen molar-refractivity contribution in [1.82, 2.24) is 5.32 Å². The van der Waals surface area contributed by atoms with Crippen LogP contribution >= 0.6 is 11.6 Å². The summed E-state index contributed by atoms with van der Waals surface area (Å²) in [6, 6.07) is 7.94. The van der Waals surface area contributed by atoms with Gasteiger partial charge in [-0.2, -0.15) is 0 Å². The SMILES string of the molecule is C[C@H](Cc1ccc(Cl)cc1)NC(=O)[C@@H]1CC=CCC1. The van der Waals surface area contributed by atoms with Crippen molar-refractivity contribution in [2.45, 2.75) is 38.6 Å². The molecule has 1 amide bonds. The van der Waals surface area contributed by atoms with Crippen molar-refractivity contribution in [3.05, 3.63) is 47.0 Å². The largest absolute Gasteiger partial charge is 0.353 e. The number of rotatable bonds is 4. The molecule has 0 aromatic heterocycles. The molecule has 0 radical (unpaired) electrons. The molecule has 1 aliphatic rings. The van der Waals surface area contributed by atoms with Crippen LogP contribution in [0, 0.1) is 5.92 Å². The van der Waals surface area contributed by atoms with E-state index in [0.717, 1.165) is 30.7 Å². The highest BCUT2D eigenvalue weighted by Crippen LogP contribution is 2.18. The standard InChI is InChI=1S/C16H20ClNO/c1-12(11-13-7-9-15(17)10-8-13)18-16(19)14-5-3-2-4-6-14/h2-3,7-10,12,14H,4-6,11H2,1H3,(H,18,19)/t12-,14-/m1/s1. The topological polar surface area (TPSA) is 29.1 Å². The molecule has 102 valence electrons. The average molecular weight is 278 g/mol. The Morgan fingerprint density at radius 2 is 2.11 bits per heavy atom. The maximum absolute atomic E-state index is 12.1. The molecule has 3 heteroatoms. The van der Waals surface area contributed by atoms with Crippen LogP contribution in [0.4, 0.5) is 0 Å². The fourth-order valence-electron chi connectivity index (χ4n) is 2.42. The molecule has 0 heterocycles. The highest BCUT2D eigenvalue weighted by atomic mass is 35.5. The molecule has 0 aliphatic heterocycles. The van der Waals surface area contributed by atoms with Crippen molar-refractivity contribution < 1.29 is 4.79 Å². The number of hydrogen-bond donors (Lipinski definition) is 1. The molecular formula is C16H20ClNO. The molecule has 0 unspecified atom stereocenters. The Labute approximate surface area is 119 Å². The molecule has 2 rings (SSSR count). The number of hydrogen-bond acceptors (Lipinski definition) is 1. The van der Waals surface area contributed by atoms with Gasteiger partial charge in [0.25, 0.3) is 0 Å². The second kappa shape index (κ2) is 6.76. The summed E-state index contributed by atoms with van der Waals surface area (Å²) in [5, 5.41) is 3.85. The zero-order chi connectivity index (χ0) is 13.7. The maximum Gasteiger partial charge on any atom is 0.223 e. The van der Waals surface area contributed by atoms with E-state index >= 15 is 0 Å². The lowest BCUT2D eigenvalue weighted by atomic mass is 9.93. The van der Waals surface area contributed by atoms with Crippen LogP contribution in [-0.4, -0.2) is 11.9 Å². The predicted octanol–water partition coefficient (Wildman–Crippen LogP) is 3.74. The minimum Gasteiger partial charge on any atom is -0.353 e. The highest BCUT2D eigenvalue weighted by Gasteiger charge is 2.19. The molecule has 0 saturated carbocycles. The summed E-state index contributed by atoms with van der Waals surface area (Å²) >= 11 is 5.86. The van der Waals surface area contributed by atoms with Crippen LogP contribution in [0.15, 0.2) is 36.4 Å². The van der Waals surface area contributed by atoms with Crippen molar-refractivity contribution in [3.63, 3.8) is 0 Å². The number of benzene rings is 1. The Hall–Kier alpha value is -1.28. The Morgan fingerprint density at radius 3 is 2.74 bits per heavy atom. The monoisotopic (exact) mass is 277 g/mol. The van der Waals surface area contributed by atoms with Crippen LogP contribution in [0.1, 0.15) is 31.7 Å². The Morgan fingerprint density at radius 1 is 1.37 bits per heavy atom. The van der Waals surface area contributed by atoms with Gasteiger partial charge in [-0.3, -0.25) is 4.79 Å². The van der Waals surface area contributed by atoms with Gasteiger partial charge >= 0.3 is 0 Å². The molecule has 2 atom stereocenters. The van der Waals surface area contributed by atoms with E-state index in [0.29, 0.717) is 0 Å². The van der Waals surface area contributed by atoms with Crippen LogP contribution in [0.25, 0.3) is 0 Å². The number of halogens is 1. The van der Waals surface area contributed by atoms with Crippen molar-refractivity contribution >= 4 is 17.5 Å². The van der Waals surface area contributed by atoms with Gasteiger partial charge in [-0.25, -0.2) is 0 Å². The third kappa shape index (κ3) is 4.39. The third-order valence-corrected chi connectivity index (χ3v) is 3.74. The van der Waals surface area contributed by atoms with Crippen molar-refractivity contribution in [2.24, 2.45) is 5.92 Å². The number of carbonyl (C=O) groups excluding carboxylic acids is 1. The summed E-state index contributed by atoms with van der Waals surface area (Å²) in [6.07, 6.45) is 7.96. The maximum atomic E-state index is 12.1.